The summed E-state index contributed by atoms with van der Waals surface area (Å²) < 4.78 is 4.94. The summed E-state index contributed by atoms with van der Waals surface area (Å²) in [5.74, 6) is -0.474. The Bertz CT molecular complexity index is 1120. The zero-order valence-electron chi connectivity index (χ0n) is 16.3. The number of rotatable bonds is 5. The number of thiazole rings is 1. The fraction of sp³-hybridized carbons (Fsp3) is 0.368. The van der Waals surface area contributed by atoms with E-state index >= 15 is 0 Å². The molecule has 4 rings (SSSR count). The highest BCUT2D eigenvalue weighted by Gasteiger charge is 2.38. The lowest BCUT2D eigenvalue weighted by atomic mass is 9.73. The Balaban J connectivity index is 1.66. The van der Waals surface area contributed by atoms with Crippen LogP contribution in [0.15, 0.2) is 11.6 Å². The number of fused-ring (bicyclic) bond motifs is 3. The van der Waals surface area contributed by atoms with Crippen LogP contribution in [0.3, 0.4) is 0 Å². The van der Waals surface area contributed by atoms with Crippen LogP contribution in [0.2, 0.25) is 0 Å². The number of aromatic amines is 1. The molecule has 0 amide bonds. The summed E-state index contributed by atoms with van der Waals surface area (Å²) in [5.41, 5.74) is 9.10. The Morgan fingerprint density at radius 1 is 1.31 bits per heavy atom. The Hall–Kier alpha value is -3.14. The lowest BCUT2D eigenvalue weighted by Crippen LogP contribution is -2.28. The van der Waals surface area contributed by atoms with Crippen LogP contribution >= 0.6 is 11.3 Å². The van der Waals surface area contributed by atoms with Crippen molar-refractivity contribution in [2.24, 2.45) is 0 Å². The van der Waals surface area contributed by atoms with E-state index in [9.17, 15) is 9.59 Å². The number of nitrogens with one attached hydrogen (secondary N) is 1. The molecule has 29 heavy (non-hydrogen) atoms. The maximum Gasteiger partial charge on any atom is 0.357 e. The van der Waals surface area contributed by atoms with Crippen LogP contribution < -0.4 is 5.73 Å². The fourth-order valence-corrected chi connectivity index (χ4v) is 4.37. The molecule has 0 saturated heterocycles. The van der Waals surface area contributed by atoms with Crippen molar-refractivity contribution < 1.29 is 14.3 Å². The van der Waals surface area contributed by atoms with Crippen LogP contribution in [-0.4, -0.2) is 43.5 Å². The van der Waals surface area contributed by atoms with E-state index < -0.39 is 5.97 Å². The molecule has 0 radical (unpaired) electrons. The molecule has 3 heterocycles. The summed E-state index contributed by atoms with van der Waals surface area (Å²) >= 11 is 1.25. The number of esters is 1. The van der Waals surface area contributed by atoms with E-state index in [1.54, 1.807) is 18.5 Å². The number of carbonyl (C=O) groups excluding carboxylic acids is 2. The number of anilines is 1. The van der Waals surface area contributed by atoms with Crippen molar-refractivity contribution in [2.75, 3.05) is 12.3 Å². The zero-order valence-corrected chi connectivity index (χ0v) is 17.1. The van der Waals surface area contributed by atoms with E-state index in [1.165, 1.54) is 11.3 Å². The molecule has 3 aromatic heterocycles. The molecule has 150 valence electrons. The number of nitrogen functional groups attached to an aromatic ring is 1. The summed E-state index contributed by atoms with van der Waals surface area (Å²) in [6.07, 6.45) is 2.44. The quantitative estimate of drug-likeness (QED) is 0.481. The molecule has 1 aliphatic rings. The van der Waals surface area contributed by atoms with Gasteiger partial charge in [-0.3, -0.25) is 9.89 Å². The van der Waals surface area contributed by atoms with Crippen molar-refractivity contribution in [1.29, 1.82) is 0 Å². The number of ether oxygens (including phenoxy) is 1. The molecule has 0 aliphatic heterocycles. The zero-order chi connectivity index (χ0) is 20.8. The first-order chi connectivity index (χ1) is 13.8. The topological polar surface area (TPSA) is 137 Å². The molecule has 0 saturated carbocycles. The largest absolute Gasteiger partial charge is 0.461 e. The van der Waals surface area contributed by atoms with Gasteiger partial charge < -0.3 is 10.5 Å². The van der Waals surface area contributed by atoms with E-state index in [0.717, 1.165) is 11.1 Å². The number of Topliss-reactive ketones (excluding diaryl/α,β-unsaturated/α-hetero) is 1. The minimum Gasteiger partial charge on any atom is -0.461 e. The number of nitrogens with two attached hydrogens (primary N) is 1. The monoisotopic (exact) mass is 412 g/mol. The van der Waals surface area contributed by atoms with Gasteiger partial charge in [-0.25, -0.2) is 19.7 Å². The molecular formula is C19H20N6O3S. The standard InChI is InChI=1S/C19H20N6O3S/c1-4-28-17(27)10-8-29-12(22-10)5-11(26)15-13-16(25-24-15)14-9(6-19(13,2)3)7-21-18(20)23-14/h7-8H,4-6H2,1-3H3,(H,24,25)(H2,20,21,23). The summed E-state index contributed by atoms with van der Waals surface area (Å²) in [5, 5.41) is 9.40. The van der Waals surface area contributed by atoms with Crippen LogP contribution in [0.25, 0.3) is 11.4 Å². The fourth-order valence-electron chi connectivity index (χ4n) is 3.61. The molecule has 9 nitrogen and oxygen atoms in total. The highest BCUT2D eigenvalue weighted by Crippen LogP contribution is 2.42. The Morgan fingerprint density at radius 3 is 2.86 bits per heavy atom. The summed E-state index contributed by atoms with van der Waals surface area (Å²) in [6, 6.07) is 0. The molecule has 1 aliphatic carbocycles. The normalized spacial score (nSPS) is 14.2. The number of hydrogen-bond acceptors (Lipinski definition) is 9. The van der Waals surface area contributed by atoms with Crippen molar-refractivity contribution >= 4 is 29.0 Å². The van der Waals surface area contributed by atoms with Gasteiger partial charge in [0, 0.05) is 17.1 Å². The summed E-state index contributed by atoms with van der Waals surface area (Å²) in [7, 11) is 0. The first kappa shape index (κ1) is 19.2. The molecule has 0 spiro atoms. The molecule has 0 bridgehead atoms. The molecular weight excluding hydrogens is 392 g/mol. The Morgan fingerprint density at radius 2 is 2.10 bits per heavy atom. The Kier molecular flexibility index (Phi) is 4.65. The van der Waals surface area contributed by atoms with Gasteiger partial charge in [0.25, 0.3) is 0 Å². The van der Waals surface area contributed by atoms with Crippen LogP contribution in [0.4, 0.5) is 5.95 Å². The van der Waals surface area contributed by atoms with E-state index in [1.807, 2.05) is 0 Å². The number of nitrogens with zero attached hydrogens (tertiary/aromatic N) is 4. The average molecular weight is 412 g/mol. The minimum absolute atomic E-state index is 0.0631. The number of hydrogen-bond donors (Lipinski definition) is 2. The smallest absolute Gasteiger partial charge is 0.357 e. The molecule has 0 fully saturated rings. The molecule has 0 aromatic carbocycles. The van der Waals surface area contributed by atoms with E-state index in [-0.39, 0.29) is 35.9 Å². The highest BCUT2D eigenvalue weighted by atomic mass is 32.1. The van der Waals surface area contributed by atoms with Crippen LogP contribution in [0, 0.1) is 0 Å². The lowest BCUT2D eigenvalue weighted by Gasteiger charge is -2.30. The highest BCUT2D eigenvalue weighted by molar-refractivity contribution is 7.09. The molecule has 3 aromatic rings. The van der Waals surface area contributed by atoms with Crippen LogP contribution in [0.1, 0.15) is 57.9 Å². The number of ketones is 1. The van der Waals surface area contributed by atoms with Gasteiger partial charge in [0.1, 0.15) is 16.4 Å². The summed E-state index contributed by atoms with van der Waals surface area (Å²) in [6.45, 7) is 6.11. The van der Waals surface area contributed by atoms with Gasteiger partial charge in [0.05, 0.1) is 18.7 Å². The molecule has 3 N–H and O–H groups in total. The van der Waals surface area contributed by atoms with Crippen molar-refractivity contribution in [3.63, 3.8) is 0 Å². The number of aromatic nitrogens is 5. The molecule has 0 unspecified atom stereocenters. The van der Waals surface area contributed by atoms with Gasteiger partial charge >= 0.3 is 5.97 Å². The number of carbonyl (C=O) groups is 2. The van der Waals surface area contributed by atoms with Crippen molar-refractivity contribution in [2.45, 2.75) is 39.0 Å². The minimum atomic E-state index is -0.489. The van der Waals surface area contributed by atoms with Crippen molar-refractivity contribution in [1.82, 2.24) is 25.1 Å². The van der Waals surface area contributed by atoms with Crippen LogP contribution in [0.5, 0.6) is 0 Å². The molecule has 10 heteroatoms. The van der Waals surface area contributed by atoms with E-state index in [4.69, 9.17) is 10.5 Å². The second kappa shape index (κ2) is 7.03. The van der Waals surface area contributed by atoms with Gasteiger partial charge in [-0.2, -0.15) is 5.10 Å². The third kappa shape index (κ3) is 3.39. The third-order valence-electron chi connectivity index (χ3n) is 4.81. The second-order valence-electron chi connectivity index (χ2n) is 7.43. The predicted octanol–water partition coefficient (Wildman–Crippen LogP) is 2.34. The SMILES string of the molecule is CCOC(=O)c1csc(CC(=O)c2[nH]nc3c2C(C)(C)Cc2cnc(N)nc2-3)n1. The van der Waals surface area contributed by atoms with E-state index in [2.05, 4.69) is 39.0 Å². The number of H-pyrrole nitrogens is 1. The van der Waals surface area contributed by atoms with Crippen molar-refractivity contribution in [3.8, 4) is 11.4 Å². The van der Waals surface area contributed by atoms with Gasteiger partial charge in [0.2, 0.25) is 5.95 Å². The predicted molar refractivity (Wildman–Crippen MR) is 107 cm³/mol. The van der Waals surface area contributed by atoms with E-state index in [0.29, 0.717) is 28.5 Å². The van der Waals surface area contributed by atoms with Gasteiger partial charge in [0.15, 0.2) is 11.5 Å². The van der Waals surface area contributed by atoms with Crippen molar-refractivity contribution in [3.05, 3.63) is 39.1 Å². The second-order valence-corrected chi connectivity index (χ2v) is 8.37. The lowest BCUT2D eigenvalue weighted by molar-refractivity contribution is 0.0520. The van der Waals surface area contributed by atoms with Gasteiger partial charge in [-0.15, -0.1) is 11.3 Å². The third-order valence-corrected chi connectivity index (χ3v) is 5.66. The molecule has 0 atom stereocenters. The van der Waals surface area contributed by atoms with Gasteiger partial charge in [-0.1, -0.05) is 13.8 Å². The Labute approximate surface area is 170 Å². The maximum absolute atomic E-state index is 13.0. The maximum atomic E-state index is 13.0. The first-order valence-corrected chi connectivity index (χ1v) is 10.0. The van der Waals surface area contributed by atoms with Gasteiger partial charge in [-0.05, 0) is 24.3 Å². The summed E-state index contributed by atoms with van der Waals surface area (Å²) in [4.78, 5) is 37.5. The van der Waals surface area contributed by atoms with Crippen LogP contribution in [-0.2, 0) is 23.0 Å². The first-order valence-electron chi connectivity index (χ1n) is 9.15. The average Bonchev–Trinajstić information content (AvgIpc) is 3.30.